The van der Waals surface area contributed by atoms with Gasteiger partial charge in [-0.3, -0.25) is 14.6 Å². The Morgan fingerprint density at radius 2 is 1.31 bits per heavy atom. The fourth-order valence-electron chi connectivity index (χ4n) is 6.64. The number of fused-ring (bicyclic) bond motifs is 1. The number of carbonyl (C=O) groups excluding carboxylic acids is 2. The maximum Gasteiger partial charge on any atom is 0.263 e. The number of hydrogen-bond acceptors (Lipinski definition) is 12. The summed E-state index contributed by atoms with van der Waals surface area (Å²) in [4.78, 5) is 34.9. The second-order valence-electron chi connectivity index (χ2n) is 15.2. The summed E-state index contributed by atoms with van der Waals surface area (Å²) in [7, 11) is -0.155. The van der Waals surface area contributed by atoms with Gasteiger partial charge < -0.3 is 53.0 Å². The molecule has 62 heavy (non-hydrogen) atoms. The van der Waals surface area contributed by atoms with Crippen LogP contribution in [0, 0.1) is 0 Å². The smallest absolute Gasteiger partial charge is 0.263 e. The third-order valence-electron chi connectivity index (χ3n) is 10.00. The number of benzene rings is 2. The minimum atomic E-state index is -0.208. The zero-order valence-corrected chi connectivity index (χ0v) is 38.7. The Hall–Kier alpha value is -3.35. The van der Waals surface area contributed by atoms with Crippen LogP contribution in [-0.4, -0.2) is 144 Å². The van der Waals surface area contributed by atoms with Crippen LogP contribution in [0.3, 0.4) is 0 Å². The van der Waals surface area contributed by atoms with Gasteiger partial charge in [-0.15, -0.1) is 0 Å². The van der Waals surface area contributed by atoms with Gasteiger partial charge in [0.15, 0.2) is 0 Å². The molecule has 5 rings (SSSR count). The van der Waals surface area contributed by atoms with E-state index in [1.165, 1.54) is 25.1 Å². The number of carbonyl (C=O) groups is 2. The standard InChI is InChI=1S/C45H63Cl2N4O10Si/c1-62(2)31-5-17-54-19-21-56-23-25-58-27-29-60-30-28-59-26-24-57-22-20-55-18-14-49-44(52)11-8-35-32-39(47)43(33-38(35)46)61-42-12-13-48-34-37(42)45(53)51-16-15-50(36-9-10-36)40-6-3-4-7-41(40)51/h3-4,6-7,12-13,32-34,36H,5,8-11,14-31H2,1-2H3,(H,49,52). The third kappa shape index (κ3) is 17.7. The highest BCUT2D eigenvalue weighted by Crippen LogP contribution is 2.41. The van der Waals surface area contributed by atoms with Gasteiger partial charge in [0.1, 0.15) is 17.1 Å². The number of ether oxygens (including phenoxy) is 8. The Morgan fingerprint density at radius 3 is 1.90 bits per heavy atom. The molecule has 2 aromatic carbocycles. The van der Waals surface area contributed by atoms with E-state index in [-0.39, 0.29) is 27.0 Å². The van der Waals surface area contributed by atoms with Crippen LogP contribution in [0.15, 0.2) is 54.9 Å². The van der Waals surface area contributed by atoms with Crippen molar-refractivity contribution < 1.29 is 47.5 Å². The molecule has 1 saturated carbocycles. The van der Waals surface area contributed by atoms with E-state index in [2.05, 4.69) is 34.4 Å². The quantitative estimate of drug-likeness (QED) is 0.0504. The van der Waals surface area contributed by atoms with Gasteiger partial charge >= 0.3 is 0 Å². The summed E-state index contributed by atoms with van der Waals surface area (Å²) in [5.41, 5.74) is 2.95. The zero-order chi connectivity index (χ0) is 43.8. The normalized spacial score (nSPS) is 13.8. The lowest BCUT2D eigenvalue weighted by Gasteiger charge is -2.38. The van der Waals surface area contributed by atoms with E-state index in [4.69, 9.17) is 61.1 Å². The lowest BCUT2D eigenvalue weighted by atomic mass is 10.1. The van der Waals surface area contributed by atoms with Gasteiger partial charge in [-0.25, -0.2) is 0 Å². The molecule has 0 saturated heterocycles. The Balaban J connectivity index is 0.860. The minimum Gasteiger partial charge on any atom is -0.455 e. The summed E-state index contributed by atoms with van der Waals surface area (Å²) in [6, 6.07) is 14.8. The molecule has 0 spiro atoms. The van der Waals surface area contributed by atoms with Crippen molar-refractivity contribution in [3.05, 3.63) is 76.0 Å². The molecule has 2 amide bonds. The van der Waals surface area contributed by atoms with Gasteiger partial charge in [-0.05, 0) is 55.5 Å². The Kier molecular flexibility index (Phi) is 22.8. The van der Waals surface area contributed by atoms with Gasteiger partial charge in [-0.2, -0.15) is 0 Å². The van der Waals surface area contributed by atoms with Gasteiger partial charge in [0.05, 0.1) is 102 Å². The molecule has 1 aromatic heterocycles. The predicted molar refractivity (Wildman–Crippen MR) is 243 cm³/mol. The monoisotopic (exact) mass is 917 g/mol. The first-order chi connectivity index (χ1) is 30.3. The number of rotatable bonds is 32. The summed E-state index contributed by atoms with van der Waals surface area (Å²) in [6.07, 6.45) is 7.15. The summed E-state index contributed by atoms with van der Waals surface area (Å²) in [5.74, 6) is 0.265. The molecule has 2 heterocycles. The van der Waals surface area contributed by atoms with Crippen molar-refractivity contribution in [2.45, 2.75) is 57.3 Å². The fraction of sp³-hybridized carbons (Fsp3) is 0.578. The van der Waals surface area contributed by atoms with Crippen LogP contribution < -0.4 is 19.9 Å². The molecule has 1 radical (unpaired) electrons. The summed E-state index contributed by atoms with van der Waals surface area (Å²) < 4.78 is 44.9. The number of pyridine rings is 1. The molecule has 1 aliphatic heterocycles. The van der Waals surface area contributed by atoms with E-state index in [1.54, 1.807) is 29.3 Å². The first-order valence-corrected chi connectivity index (χ1v) is 25.2. The van der Waals surface area contributed by atoms with E-state index in [0.717, 1.165) is 30.9 Å². The highest BCUT2D eigenvalue weighted by molar-refractivity contribution is 6.55. The molecular formula is C45H63Cl2N4O10Si. The van der Waals surface area contributed by atoms with Crippen molar-refractivity contribution in [1.82, 2.24) is 10.3 Å². The Morgan fingerprint density at radius 1 is 0.726 bits per heavy atom. The number of halogens is 2. The van der Waals surface area contributed by atoms with Crippen LogP contribution in [0.5, 0.6) is 11.5 Å². The molecule has 2 aliphatic rings. The van der Waals surface area contributed by atoms with Gasteiger partial charge in [0, 0.05) is 71.0 Å². The average molecular weight is 919 g/mol. The molecule has 1 fully saturated rings. The van der Waals surface area contributed by atoms with E-state index >= 15 is 0 Å². The minimum absolute atomic E-state index is 0.138. The maximum absolute atomic E-state index is 14.0. The molecule has 0 bridgehead atoms. The second-order valence-corrected chi connectivity index (χ2v) is 18.9. The lowest BCUT2D eigenvalue weighted by molar-refractivity contribution is -0.121. The molecular weight excluding hydrogens is 856 g/mol. The number of amides is 2. The van der Waals surface area contributed by atoms with Crippen LogP contribution in [0.2, 0.25) is 29.2 Å². The van der Waals surface area contributed by atoms with Crippen LogP contribution in [0.25, 0.3) is 0 Å². The number of aryl methyl sites for hydroxylation is 1. The zero-order valence-electron chi connectivity index (χ0n) is 36.2. The second kappa shape index (κ2) is 28.4. The first kappa shape index (κ1) is 49.7. The largest absolute Gasteiger partial charge is 0.455 e. The van der Waals surface area contributed by atoms with Crippen LogP contribution in [-0.2, 0) is 44.4 Å². The number of anilines is 2. The van der Waals surface area contributed by atoms with E-state index in [9.17, 15) is 9.59 Å². The van der Waals surface area contributed by atoms with Gasteiger partial charge in [0.25, 0.3) is 5.91 Å². The molecule has 17 heteroatoms. The molecule has 0 unspecified atom stereocenters. The van der Waals surface area contributed by atoms with E-state index in [0.29, 0.717) is 144 Å². The number of nitrogens with one attached hydrogen (secondary N) is 1. The van der Waals surface area contributed by atoms with E-state index < -0.39 is 0 Å². The van der Waals surface area contributed by atoms with Crippen molar-refractivity contribution >= 4 is 55.2 Å². The molecule has 341 valence electrons. The van der Waals surface area contributed by atoms with E-state index in [1.807, 2.05) is 18.2 Å². The van der Waals surface area contributed by atoms with Crippen molar-refractivity contribution in [2.24, 2.45) is 0 Å². The van der Waals surface area contributed by atoms with Crippen molar-refractivity contribution in [3.63, 3.8) is 0 Å². The molecule has 0 atom stereocenters. The molecule has 14 nitrogen and oxygen atoms in total. The highest BCUT2D eigenvalue weighted by Gasteiger charge is 2.36. The summed E-state index contributed by atoms with van der Waals surface area (Å²) in [6.45, 7) is 13.5. The van der Waals surface area contributed by atoms with Crippen LogP contribution in [0.4, 0.5) is 11.4 Å². The number of para-hydroxylation sites is 2. The van der Waals surface area contributed by atoms with Crippen LogP contribution >= 0.6 is 23.2 Å². The van der Waals surface area contributed by atoms with Crippen molar-refractivity contribution in [2.75, 3.05) is 122 Å². The van der Waals surface area contributed by atoms with Crippen molar-refractivity contribution in [1.29, 1.82) is 0 Å². The summed E-state index contributed by atoms with van der Waals surface area (Å²) in [5, 5.41) is 3.56. The Labute approximate surface area is 378 Å². The summed E-state index contributed by atoms with van der Waals surface area (Å²) >= 11 is 13.3. The number of aromatic nitrogens is 1. The Bertz CT molecular complexity index is 1790. The SMILES string of the molecule is C[Si](C)CCCOCCOCCOCCOCCOCCOCCOCCNC(=O)CCc1cc(Cl)c(Oc2ccncc2C(=O)N2CCN(C3CC3)c3ccccc32)cc1Cl. The fourth-order valence-corrected chi connectivity index (χ4v) is 7.97. The van der Waals surface area contributed by atoms with Gasteiger partial charge in [0.2, 0.25) is 5.91 Å². The van der Waals surface area contributed by atoms with Crippen molar-refractivity contribution in [3.8, 4) is 11.5 Å². The first-order valence-electron chi connectivity index (χ1n) is 21.7. The number of nitrogens with zero attached hydrogens (tertiary/aromatic N) is 3. The highest BCUT2D eigenvalue weighted by atomic mass is 35.5. The lowest BCUT2D eigenvalue weighted by Crippen LogP contribution is -2.45. The average Bonchev–Trinajstić information content (AvgIpc) is 4.12. The third-order valence-corrected chi connectivity index (χ3v) is 12.0. The topological polar surface area (TPSA) is 139 Å². The maximum atomic E-state index is 14.0. The van der Waals surface area contributed by atoms with Crippen LogP contribution in [0.1, 0.15) is 41.6 Å². The predicted octanol–water partition coefficient (Wildman–Crippen LogP) is 7.12. The molecule has 3 aromatic rings. The number of hydrogen-bond donors (Lipinski definition) is 1. The van der Waals surface area contributed by atoms with Gasteiger partial charge in [-0.1, -0.05) is 54.5 Å². The molecule has 1 N–H and O–H groups in total. The molecule has 1 aliphatic carbocycles.